The van der Waals surface area contributed by atoms with Crippen LogP contribution < -0.4 is 10.5 Å². The van der Waals surface area contributed by atoms with Gasteiger partial charge in [0, 0.05) is 12.0 Å². The van der Waals surface area contributed by atoms with E-state index in [9.17, 15) is 9.90 Å². The summed E-state index contributed by atoms with van der Waals surface area (Å²) in [4.78, 5) is 11.2. The molecule has 0 spiro atoms. The van der Waals surface area contributed by atoms with Crippen LogP contribution in [0.3, 0.4) is 0 Å². The zero-order valence-corrected chi connectivity index (χ0v) is 11.4. The first-order chi connectivity index (χ1) is 8.76. The Balaban J connectivity index is 3.27. The SMILES string of the molecule is CC(C)(C)Oc1ccc(C(N)=O)c(O)c1CCC#N. The Bertz CT molecular complexity index is 525. The summed E-state index contributed by atoms with van der Waals surface area (Å²) in [5.74, 6) is -0.451. The van der Waals surface area contributed by atoms with Gasteiger partial charge in [-0.25, -0.2) is 0 Å². The van der Waals surface area contributed by atoms with Gasteiger partial charge in [0.15, 0.2) is 0 Å². The molecular formula is C14H18N2O3. The highest BCUT2D eigenvalue weighted by atomic mass is 16.5. The molecular weight excluding hydrogens is 244 g/mol. The molecule has 0 atom stereocenters. The summed E-state index contributed by atoms with van der Waals surface area (Å²) in [7, 11) is 0. The molecule has 5 nitrogen and oxygen atoms in total. The molecule has 0 aliphatic rings. The number of rotatable bonds is 4. The zero-order chi connectivity index (χ0) is 14.6. The van der Waals surface area contributed by atoms with Crippen LogP contribution in [0.4, 0.5) is 0 Å². The molecule has 5 heteroatoms. The molecule has 0 fully saturated rings. The lowest BCUT2D eigenvalue weighted by atomic mass is 10.0. The van der Waals surface area contributed by atoms with Gasteiger partial charge in [0.1, 0.15) is 17.1 Å². The fourth-order valence-corrected chi connectivity index (χ4v) is 1.66. The van der Waals surface area contributed by atoms with Crippen LogP contribution in [-0.4, -0.2) is 16.6 Å². The van der Waals surface area contributed by atoms with E-state index < -0.39 is 11.5 Å². The van der Waals surface area contributed by atoms with Crippen LogP contribution in [0.15, 0.2) is 12.1 Å². The van der Waals surface area contributed by atoms with Crippen molar-refractivity contribution < 1.29 is 14.6 Å². The van der Waals surface area contributed by atoms with Gasteiger partial charge in [-0.3, -0.25) is 4.79 Å². The molecule has 0 unspecified atom stereocenters. The van der Waals surface area contributed by atoms with Gasteiger partial charge in [0.05, 0.1) is 11.6 Å². The average molecular weight is 262 g/mol. The average Bonchev–Trinajstić information content (AvgIpc) is 2.26. The molecule has 0 heterocycles. The lowest BCUT2D eigenvalue weighted by Crippen LogP contribution is -2.24. The highest BCUT2D eigenvalue weighted by molar-refractivity contribution is 5.96. The van der Waals surface area contributed by atoms with Gasteiger partial charge in [-0.15, -0.1) is 0 Å². The van der Waals surface area contributed by atoms with Crippen LogP contribution in [-0.2, 0) is 6.42 Å². The number of nitrogens with two attached hydrogens (primary N) is 1. The predicted molar refractivity (Wildman–Crippen MR) is 70.9 cm³/mol. The molecule has 1 aromatic rings. The number of carbonyl (C=O) groups excluding carboxylic acids is 1. The quantitative estimate of drug-likeness (QED) is 0.868. The van der Waals surface area contributed by atoms with Crippen LogP contribution in [0, 0.1) is 11.3 Å². The van der Waals surface area contributed by atoms with Crippen LogP contribution in [0.2, 0.25) is 0 Å². The van der Waals surface area contributed by atoms with Crippen molar-refractivity contribution >= 4 is 5.91 Å². The molecule has 0 aliphatic carbocycles. The first-order valence-electron chi connectivity index (χ1n) is 5.97. The fraction of sp³-hybridized carbons (Fsp3) is 0.429. The van der Waals surface area contributed by atoms with Gasteiger partial charge < -0.3 is 15.6 Å². The van der Waals surface area contributed by atoms with Crippen molar-refractivity contribution in [3.8, 4) is 17.6 Å². The molecule has 102 valence electrons. The molecule has 1 amide bonds. The number of primary amides is 1. The maximum absolute atomic E-state index is 11.2. The number of nitriles is 1. The van der Waals surface area contributed by atoms with E-state index in [4.69, 9.17) is 15.7 Å². The molecule has 0 aliphatic heterocycles. The number of benzene rings is 1. The fourth-order valence-electron chi connectivity index (χ4n) is 1.66. The van der Waals surface area contributed by atoms with Gasteiger partial charge >= 0.3 is 0 Å². The normalized spacial score (nSPS) is 10.8. The zero-order valence-electron chi connectivity index (χ0n) is 11.4. The maximum Gasteiger partial charge on any atom is 0.252 e. The Morgan fingerprint density at radius 2 is 2.11 bits per heavy atom. The summed E-state index contributed by atoms with van der Waals surface area (Å²) in [6, 6.07) is 5.02. The minimum Gasteiger partial charge on any atom is -0.507 e. The van der Waals surface area contributed by atoms with E-state index in [-0.39, 0.29) is 17.7 Å². The third-order valence-electron chi connectivity index (χ3n) is 2.41. The molecule has 0 bridgehead atoms. The van der Waals surface area contributed by atoms with E-state index in [0.29, 0.717) is 17.7 Å². The third-order valence-corrected chi connectivity index (χ3v) is 2.41. The van der Waals surface area contributed by atoms with Gasteiger partial charge in [0.2, 0.25) is 0 Å². The summed E-state index contributed by atoms with van der Waals surface area (Å²) in [5, 5.41) is 18.7. The Morgan fingerprint density at radius 3 is 2.58 bits per heavy atom. The van der Waals surface area contributed by atoms with Crippen LogP contribution >= 0.6 is 0 Å². The Labute approximate surface area is 112 Å². The minimum absolute atomic E-state index is 0.0363. The Hall–Kier alpha value is -2.22. The van der Waals surface area contributed by atoms with Crippen molar-refractivity contribution in [2.75, 3.05) is 0 Å². The van der Waals surface area contributed by atoms with Crippen molar-refractivity contribution in [3.63, 3.8) is 0 Å². The van der Waals surface area contributed by atoms with Gasteiger partial charge in [0.25, 0.3) is 5.91 Å². The summed E-state index contributed by atoms with van der Waals surface area (Å²) in [6.07, 6.45) is 0.519. The largest absolute Gasteiger partial charge is 0.507 e. The summed E-state index contributed by atoms with van der Waals surface area (Å²) >= 11 is 0. The van der Waals surface area contributed by atoms with Gasteiger partial charge in [-0.2, -0.15) is 5.26 Å². The molecule has 19 heavy (non-hydrogen) atoms. The minimum atomic E-state index is -0.710. The number of hydrogen-bond acceptors (Lipinski definition) is 4. The number of ether oxygens (including phenoxy) is 1. The van der Waals surface area contributed by atoms with Crippen LogP contribution in [0.25, 0.3) is 0 Å². The smallest absolute Gasteiger partial charge is 0.252 e. The van der Waals surface area contributed by atoms with E-state index in [1.165, 1.54) is 6.07 Å². The second kappa shape index (κ2) is 5.61. The summed E-state index contributed by atoms with van der Waals surface area (Å²) in [6.45, 7) is 5.63. The maximum atomic E-state index is 11.2. The Morgan fingerprint density at radius 1 is 1.47 bits per heavy atom. The Kier molecular flexibility index (Phi) is 4.38. The van der Waals surface area contributed by atoms with Gasteiger partial charge in [-0.05, 0) is 39.3 Å². The van der Waals surface area contributed by atoms with Gasteiger partial charge in [-0.1, -0.05) is 0 Å². The summed E-state index contributed by atoms with van der Waals surface area (Å²) < 4.78 is 5.72. The number of amides is 1. The summed E-state index contributed by atoms with van der Waals surface area (Å²) in [5.41, 5.74) is 5.22. The molecule has 1 aromatic carbocycles. The highest BCUT2D eigenvalue weighted by Crippen LogP contribution is 2.34. The van der Waals surface area contributed by atoms with Crippen molar-refractivity contribution in [2.24, 2.45) is 5.73 Å². The predicted octanol–water partition coefficient (Wildman–Crippen LogP) is 2.12. The molecule has 0 saturated carbocycles. The third kappa shape index (κ3) is 3.88. The first-order valence-corrected chi connectivity index (χ1v) is 5.97. The van der Waals surface area contributed by atoms with Crippen molar-refractivity contribution in [1.29, 1.82) is 5.26 Å². The number of hydrogen-bond donors (Lipinski definition) is 2. The van der Waals surface area contributed by atoms with Crippen LogP contribution in [0.5, 0.6) is 11.5 Å². The number of carbonyl (C=O) groups is 1. The van der Waals surface area contributed by atoms with E-state index >= 15 is 0 Å². The van der Waals surface area contributed by atoms with E-state index in [2.05, 4.69) is 0 Å². The molecule has 0 saturated heterocycles. The first kappa shape index (κ1) is 14.8. The van der Waals surface area contributed by atoms with Crippen LogP contribution in [0.1, 0.15) is 43.1 Å². The van der Waals surface area contributed by atoms with Crippen molar-refractivity contribution in [2.45, 2.75) is 39.2 Å². The van der Waals surface area contributed by atoms with Crippen molar-refractivity contribution in [1.82, 2.24) is 0 Å². The molecule has 1 rings (SSSR count). The number of aromatic hydroxyl groups is 1. The lowest BCUT2D eigenvalue weighted by Gasteiger charge is -2.24. The molecule has 0 radical (unpaired) electrons. The van der Waals surface area contributed by atoms with Crippen molar-refractivity contribution in [3.05, 3.63) is 23.3 Å². The van der Waals surface area contributed by atoms with E-state index in [1.54, 1.807) is 6.07 Å². The standard InChI is InChI=1S/C14H18N2O3/c1-14(2,3)19-11-7-6-10(13(16)18)12(17)9(11)5-4-8-15/h6-7,17H,4-5H2,1-3H3,(H2,16,18). The van der Waals surface area contributed by atoms with E-state index in [0.717, 1.165) is 0 Å². The monoisotopic (exact) mass is 262 g/mol. The second-order valence-electron chi connectivity index (χ2n) is 5.18. The number of nitrogens with zero attached hydrogens (tertiary/aromatic N) is 1. The number of phenols is 1. The topological polar surface area (TPSA) is 96.3 Å². The van der Waals surface area contributed by atoms with E-state index in [1.807, 2.05) is 26.8 Å². The lowest BCUT2D eigenvalue weighted by molar-refractivity contribution is 0.0997. The molecule has 3 N–H and O–H groups in total. The second-order valence-corrected chi connectivity index (χ2v) is 5.18. The highest BCUT2D eigenvalue weighted by Gasteiger charge is 2.20. The molecule has 0 aromatic heterocycles.